The first kappa shape index (κ1) is 11.4. The Labute approximate surface area is 93.0 Å². The highest BCUT2D eigenvalue weighted by molar-refractivity contribution is 4.92. The van der Waals surface area contributed by atoms with E-state index in [0.29, 0.717) is 5.41 Å². The Morgan fingerprint density at radius 1 is 1.40 bits per heavy atom. The Bertz CT molecular complexity index is 194. The molecule has 3 nitrogen and oxygen atoms in total. The molecular formula is C12H24N2O. The van der Waals surface area contributed by atoms with E-state index < -0.39 is 0 Å². The maximum absolute atomic E-state index is 5.76. The first-order valence-corrected chi connectivity index (χ1v) is 6.23. The van der Waals surface area contributed by atoms with Gasteiger partial charge in [0, 0.05) is 12.0 Å². The van der Waals surface area contributed by atoms with Gasteiger partial charge in [-0.2, -0.15) is 0 Å². The predicted molar refractivity (Wildman–Crippen MR) is 61.8 cm³/mol. The van der Waals surface area contributed by atoms with Crippen LogP contribution in [0, 0.1) is 11.3 Å². The molecule has 0 saturated carbocycles. The Balaban J connectivity index is 1.98. The molecule has 0 spiro atoms. The van der Waals surface area contributed by atoms with Crippen LogP contribution in [0.25, 0.3) is 0 Å². The maximum atomic E-state index is 5.76. The lowest BCUT2D eigenvalue weighted by atomic mass is 9.68. The second-order valence-electron chi connectivity index (χ2n) is 5.28. The van der Waals surface area contributed by atoms with E-state index in [9.17, 15) is 0 Å². The van der Waals surface area contributed by atoms with E-state index in [1.807, 2.05) is 0 Å². The summed E-state index contributed by atoms with van der Waals surface area (Å²) in [6, 6.07) is 0. The summed E-state index contributed by atoms with van der Waals surface area (Å²) in [6.07, 6.45) is 5.06. The Hall–Kier alpha value is -0.120. The number of likely N-dealkylation sites (tertiary alicyclic amines) is 1. The van der Waals surface area contributed by atoms with Gasteiger partial charge < -0.3 is 15.4 Å². The first-order chi connectivity index (χ1) is 7.27. The third kappa shape index (κ3) is 2.35. The van der Waals surface area contributed by atoms with Crippen molar-refractivity contribution in [3.05, 3.63) is 0 Å². The van der Waals surface area contributed by atoms with Gasteiger partial charge in [-0.15, -0.1) is 0 Å². The second kappa shape index (κ2) is 4.81. The highest BCUT2D eigenvalue weighted by Crippen LogP contribution is 2.44. The summed E-state index contributed by atoms with van der Waals surface area (Å²) in [6.45, 7) is 5.22. The minimum Gasteiger partial charge on any atom is -0.381 e. The van der Waals surface area contributed by atoms with Crippen LogP contribution in [0.2, 0.25) is 0 Å². The molecule has 15 heavy (non-hydrogen) atoms. The zero-order valence-corrected chi connectivity index (χ0v) is 9.87. The SMILES string of the molecule is CN1CCC(C2(CCN)CCOC2)CC1. The zero-order valence-electron chi connectivity index (χ0n) is 9.87. The van der Waals surface area contributed by atoms with Gasteiger partial charge in [0.15, 0.2) is 0 Å². The van der Waals surface area contributed by atoms with Crippen LogP contribution in [-0.2, 0) is 4.74 Å². The fourth-order valence-electron chi connectivity index (χ4n) is 3.25. The lowest BCUT2D eigenvalue weighted by Gasteiger charge is -2.41. The lowest BCUT2D eigenvalue weighted by Crippen LogP contribution is -2.41. The number of ether oxygens (including phenoxy) is 1. The molecule has 0 aromatic rings. The topological polar surface area (TPSA) is 38.5 Å². The highest BCUT2D eigenvalue weighted by Gasteiger charge is 2.42. The van der Waals surface area contributed by atoms with Crippen molar-refractivity contribution >= 4 is 0 Å². The van der Waals surface area contributed by atoms with Gasteiger partial charge in [0.05, 0.1) is 6.61 Å². The van der Waals surface area contributed by atoms with E-state index in [1.54, 1.807) is 0 Å². The van der Waals surface area contributed by atoms with Crippen LogP contribution >= 0.6 is 0 Å². The van der Waals surface area contributed by atoms with Crippen molar-refractivity contribution in [3.8, 4) is 0 Å². The van der Waals surface area contributed by atoms with Crippen molar-refractivity contribution < 1.29 is 4.74 Å². The van der Waals surface area contributed by atoms with Crippen LogP contribution in [0.1, 0.15) is 25.7 Å². The standard InChI is InChI=1S/C12H24N2O/c1-14-7-2-11(3-8-14)12(4-6-13)5-9-15-10-12/h11H,2-10,13H2,1H3. The van der Waals surface area contributed by atoms with Crippen LogP contribution in [0.15, 0.2) is 0 Å². The third-order valence-electron chi connectivity index (χ3n) is 4.36. The van der Waals surface area contributed by atoms with Gasteiger partial charge in [0.1, 0.15) is 0 Å². The molecule has 0 aliphatic carbocycles. The molecule has 0 aromatic carbocycles. The molecule has 2 heterocycles. The number of hydrogen-bond acceptors (Lipinski definition) is 3. The van der Waals surface area contributed by atoms with Crippen LogP contribution in [0.5, 0.6) is 0 Å². The predicted octanol–water partition coefficient (Wildman–Crippen LogP) is 1.08. The van der Waals surface area contributed by atoms with Crippen molar-refractivity contribution in [2.45, 2.75) is 25.7 Å². The molecule has 2 rings (SSSR count). The van der Waals surface area contributed by atoms with E-state index in [1.165, 1.54) is 32.4 Å². The fourth-order valence-corrected chi connectivity index (χ4v) is 3.25. The first-order valence-electron chi connectivity index (χ1n) is 6.23. The molecule has 0 aromatic heterocycles. The van der Waals surface area contributed by atoms with Gasteiger partial charge in [-0.25, -0.2) is 0 Å². The van der Waals surface area contributed by atoms with Crippen molar-refractivity contribution in [1.82, 2.24) is 4.90 Å². The lowest BCUT2D eigenvalue weighted by molar-refractivity contribution is 0.0589. The quantitative estimate of drug-likeness (QED) is 0.761. The molecule has 2 aliphatic heterocycles. The fraction of sp³-hybridized carbons (Fsp3) is 1.00. The van der Waals surface area contributed by atoms with Crippen LogP contribution in [-0.4, -0.2) is 44.8 Å². The third-order valence-corrected chi connectivity index (χ3v) is 4.36. The molecule has 88 valence electrons. The van der Waals surface area contributed by atoms with Crippen molar-refractivity contribution in [2.75, 3.05) is 39.9 Å². The zero-order chi connectivity index (χ0) is 10.7. The van der Waals surface area contributed by atoms with E-state index in [-0.39, 0.29) is 0 Å². The highest BCUT2D eigenvalue weighted by atomic mass is 16.5. The number of piperidine rings is 1. The van der Waals surface area contributed by atoms with Gasteiger partial charge >= 0.3 is 0 Å². The summed E-state index contributed by atoms with van der Waals surface area (Å²) >= 11 is 0. The molecule has 3 heteroatoms. The summed E-state index contributed by atoms with van der Waals surface area (Å²) in [5, 5.41) is 0. The molecular weight excluding hydrogens is 188 g/mol. The van der Waals surface area contributed by atoms with Crippen LogP contribution < -0.4 is 5.73 Å². The van der Waals surface area contributed by atoms with Crippen molar-refractivity contribution in [1.29, 1.82) is 0 Å². The molecule has 0 bridgehead atoms. The van der Waals surface area contributed by atoms with Crippen molar-refractivity contribution in [2.24, 2.45) is 17.1 Å². The summed E-state index contributed by atoms with van der Waals surface area (Å²) in [4.78, 5) is 2.43. The second-order valence-corrected chi connectivity index (χ2v) is 5.28. The van der Waals surface area contributed by atoms with Gasteiger partial charge in [0.25, 0.3) is 0 Å². The molecule has 2 aliphatic rings. The van der Waals surface area contributed by atoms with Crippen LogP contribution in [0.4, 0.5) is 0 Å². The average molecular weight is 212 g/mol. The number of nitrogens with zero attached hydrogens (tertiary/aromatic N) is 1. The minimum atomic E-state index is 0.427. The Morgan fingerprint density at radius 2 is 2.13 bits per heavy atom. The molecule has 2 N–H and O–H groups in total. The summed E-state index contributed by atoms with van der Waals surface area (Å²) in [5.74, 6) is 0.847. The Kier molecular flexibility index (Phi) is 3.65. The van der Waals surface area contributed by atoms with Crippen molar-refractivity contribution in [3.63, 3.8) is 0 Å². The molecule has 1 unspecified atom stereocenters. The minimum absolute atomic E-state index is 0.427. The van der Waals surface area contributed by atoms with Gasteiger partial charge in [-0.1, -0.05) is 0 Å². The smallest absolute Gasteiger partial charge is 0.0526 e. The molecule has 0 radical (unpaired) electrons. The average Bonchev–Trinajstić information content (AvgIpc) is 2.69. The molecule has 1 atom stereocenters. The van der Waals surface area contributed by atoms with E-state index in [0.717, 1.165) is 32.1 Å². The normalized spacial score (nSPS) is 34.8. The monoisotopic (exact) mass is 212 g/mol. The molecule has 2 fully saturated rings. The van der Waals surface area contributed by atoms with Gasteiger partial charge in [0.2, 0.25) is 0 Å². The molecule has 0 amide bonds. The van der Waals surface area contributed by atoms with Gasteiger partial charge in [-0.05, 0) is 58.3 Å². The van der Waals surface area contributed by atoms with E-state index in [2.05, 4.69) is 11.9 Å². The van der Waals surface area contributed by atoms with E-state index in [4.69, 9.17) is 10.5 Å². The summed E-state index contributed by atoms with van der Waals surface area (Å²) in [7, 11) is 2.22. The summed E-state index contributed by atoms with van der Waals surface area (Å²) in [5.41, 5.74) is 6.19. The number of nitrogens with two attached hydrogens (primary N) is 1. The van der Waals surface area contributed by atoms with Crippen LogP contribution in [0.3, 0.4) is 0 Å². The molecule has 2 saturated heterocycles. The maximum Gasteiger partial charge on any atom is 0.0526 e. The number of rotatable bonds is 3. The Morgan fingerprint density at radius 3 is 2.67 bits per heavy atom. The largest absolute Gasteiger partial charge is 0.381 e. The number of hydrogen-bond donors (Lipinski definition) is 1. The summed E-state index contributed by atoms with van der Waals surface area (Å²) < 4.78 is 5.62. The van der Waals surface area contributed by atoms with E-state index >= 15 is 0 Å². The van der Waals surface area contributed by atoms with Gasteiger partial charge in [-0.3, -0.25) is 0 Å².